The zero-order valence-corrected chi connectivity index (χ0v) is 18.8. The number of hydrogen-bond acceptors (Lipinski definition) is 4. The molecule has 160 valence electrons. The summed E-state index contributed by atoms with van der Waals surface area (Å²) in [6, 6.07) is 7.76. The molecule has 0 unspecified atom stereocenters. The first kappa shape index (κ1) is 21.8. The summed E-state index contributed by atoms with van der Waals surface area (Å²) in [6.07, 6.45) is 3.41. The highest BCUT2D eigenvalue weighted by atomic mass is 16.6. The third-order valence-corrected chi connectivity index (χ3v) is 5.01. The third kappa shape index (κ3) is 4.04. The lowest BCUT2D eigenvalue weighted by Gasteiger charge is -2.24. The summed E-state index contributed by atoms with van der Waals surface area (Å²) >= 11 is 0. The fourth-order valence-corrected chi connectivity index (χ4v) is 3.87. The molecule has 3 rings (SSSR count). The van der Waals surface area contributed by atoms with Gasteiger partial charge in [0, 0.05) is 18.5 Å². The van der Waals surface area contributed by atoms with Gasteiger partial charge in [-0.15, -0.1) is 0 Å². The zero-order chi connectivity index (χ0) is 22.1. The fraction of sp³-hybridized carbons (Fsp3) is 0.458. The molecule has 0 bridgehead atoms. The number of para-hydroxylation sites is 1. The Morgan fingerprint density at radius 2 is 1.73 bits per heavy atom. The minimum Gasteiger partial charge on any atom is -0.455 e. The molecule has 2 aromatic heterocycles. The molecular weight excluding hydrogens is 378 g/mol. The van der Waals surface area contributed by atoms with Gasteiger partial charge < -0.3 is 9.64 Å². The molecule has 0 atom stereocenters. The Morgan fingerprint density at radius 1 is 1.10 bits per heavy atom. The highest BCUT2D eigenvalue weighted by Gasteiger charge is 2.27. The van der Waals surface area contributed by atoms with Gasteiger partial charge in [0.25, 0.3) is 5.91 Å². The van der Waals surface area contributed by atoms with Crippen molar-refractivity contribution in [3.8, 4) is 0 Å². The lowest BCUT2D eigenvalue weighted by Crippen LogP contribution is -2.33. The highest BCUT2D eigenvalue weighted by molar-refractivity contribution is 6.11. The second-order valence-corrected chi connectivity index (χ2v) is 8.62. The summed E-state index contributed by atoms with van der Waals surface area (Å²) in [5.41, 5.74) is 2.45. The monoisotopic (exact) mass is 409 g/mol. The van der Waals surface area contributed by atoms with Gasteiger partial charge in [0.2, 0.25) is 0 Å². The number of imidazole rings is 1. The van der Waals surface area contributed by atoms with Crippen molar-refractivity contribution in [3.63, 3.8) is 0 Å². The van der Waals surface area contributed by atoms with Crippen LogP contribution in [-0.2, 0) is 4.74 Å². The third-order valence-electron chi connectivity index (χ3n) is 5.01. The van der Waals surface area contributed by atoms with Crippen LogP contribution in [0.5, 0.6) is 0 Å². The number of carbonyl (C=O) groups is 2. The Morgan fingerprint density at radius 3 is 2.33 bits per heavy atom. The second kappa shape index (κ2) is 8.46. The van der Waals surface area contributed by atoms with Gasteiger partial charge >= 0.3 is 5.97 Å². The number of fused-ring (bicyclic) bond motifs is 3. The summed E-state index contributed by atoms with van der Waals surface area (Å²) in [5.74, 6) is -0.494. The van der Waals surface area contributed by atoms with Gasteiger partial charge in [0.15, 0.2) is 5.69 Å². The molecule has 0 radical (unpaired) electrons. The Balaban J connectivity index is 2.28. The minimum absolute atomic E-state index is 0.00811. The van der Waals surface area contributed by atoms with Crippen LogP contribution >= 0.6 is 0 Å². The van der Waals surface area contributed by atoms with Crippen molar-refractivity contribution in [3.05, 3.63) is 47.4 Å². The van der Waals surface area contributed by atoms with Crippen molar-refractivity contribution >= 4 is 28.3 Å². The van der Waals surface area contributed by atoms with Crippen molar-refractivity contribution in [2.24, 2.45) is 0 Å². The van der Waals surface area contributed by atoms with E-state index in [-0.39, 0.29) is 11.6 Å². The molecule has 1 aromatic carbocycles. The Kier molecular flexibility index (Phi) is 6.15. The molecule has 6 nitrogen and oxygen atoms in total. The van der Waals surface area contributed by atoms with E-state index in [1.807, 2.05) is 61.3 Å². The van der Waals surface area contributed by atoms with E-state index in [9.17, 15) is 9.59 Å². The van der Waals surface area contributed by atoms with Gasteiger partial charge in [-0.1, -0.05) is 32.0 Å². The highest BCUT2D eigenvalue weighted by Crippen LogP contribution is 2.30. The van der Waals surface area contributed by atoms with Crippen LogP contribution in [0.25, 0.3) is 16.4 Å². The van der Waals surface area contributed by atoms with Crippen LogP contribution in [0.1, 0.15) is 73.9 Å². The SMILES string of the molecule is CCCN(CCC)C(=O)c1c(C)c2c(C(=O)OC(C)(C)C)ncn2c2ccccc12. The molecule has 0 aliphatic carbocycles. The van der Waals surface area contributed by atoms with Gasteiger partial charge in [-0.25, -0.2) is 9.78 Å². The molecule has 3 aromatic rings. The van der Waals surface area contributed by atoms with E-state index < -0.39 is 11.6 Å². The van der Waals surface area contributed by atoms with Gasteiger partial charge in [-0.2, -0.15) is 0 Å². The van der Waals surface area contributed by atoms with E-state index in [1.165, 1.54) is 0 Å². The topological polar surface area (TPSA) is 63.9 Å². The Hall–Kier alpha value is -2.89. The Bertz CT molecular complexity index is 1090. The quantitative estimate of drug-likeness (QED) is 0.537. The first-order valence-electron chi connectivity index (χ1n) is 10.6. The molecule has 6 heteroatoms. The summed E-state index contributed by atoms with van der Waals surface area (Å²) in [6.45, 7) is 12.9. The number of aryl methyl sites for hydroxylation is 1. The largest absolute Gasteiger partial charge is 0.455 e. The molecule has 0 saturated heterocycles. The number of ether oxygens (including phenoxy) is 1. The average molecular weight is 410 g/mol. The van der Waals surface area contributed by atoms with Crippen molar-refractivity contribution in [1.82, 2.24) is 14.3 Å². The number of carbonyl (C=O) groups excluding carboxylic acids is 2. The lowest BCUT2D eigenvalue weighted by molar-refractivity contribution is 0.00655. The second-order valence-electron chi connectivity index (χ2n) is 8.62. The lowest BCUT2D eigenvalue weighted by atomic mass is 10.00. The van der Waals surface area contributed by atoms with Crippen LogP contribution in [0.4, 0.5) is 0 Å². The number of hydrogen-bond donors (Lipinski definition) is 0. The van der Waals surface area contributed by atoms with Gasteiger partial charge in [0.1, 0.15) is 11.9 Å². The van der Waals surface area contributed by atoms with Crippen LogP contribution < -0.4 is 0 Å². The first-order valence-corrected chi connectivity index (χ1v) is 10.6. The maximum Gasteiger partial charge on any atom is 0.359 e. The number of aromatic nitrogens is 2. The van der Waals surface area contributed by atoms with Crippen LogP contribution in [0.15, 0.2) is 30.6 Å². The van der Waals surface area contributed by atoms with E-state index in [4.69, 9.17) is 4.74 Å². The van der Waals surface area contributed by atoms with Gasteiger partial charge in [0.05, 0.1) is 16.6 Å². The molecule has 30 heavy (non-hydrogen) atoms. The maximum atomic E-state index is 13.6. The molecule has 2 heterocycles. The van der Waals surface area contributed by atoms with Crippen molar-refractivity contribution in [2.45, 2.75) is 60.0 Å². The molecule has 1 amide bonds. The number of esters is 1. The van der Waals surface area contributed by atoms with Crippen LogP contribution in [0.3, 0.4) is 0 Å². The normalized spacial score (nSPS) is 11.8. The van der Waals surface area contributed by atoms with E-state index in [0.29, 0.717) is 24.2 Å². The van der Waals surface area contributed by atoms with Gasteiger partial charge in [-0.05, 0) is 52.2 Å². The first-order chi connectivity index (χ1) is 14.2. The summed E-state index contributed by atoms with van der Waals surface area (Å²) < 4.78 is 7.45. The van der Waals surface area contributed by atoms with E-state index in [0.717, 1.165) is 29.3 Å². The summed E-state index contributed by atoms with van der Waals surface area (Å²) in [5, 5.41) is 0.859. The number of pyridine rings is 1. The number of nitrogens with zero attached hydrogens (tertiary/aromatic N) is 3. The van der Waals surface area contributed by atoms with E-state index in [1.54, 1.807) is 6.33 Å². The standard InChI is InChI=1S/C24H31N3O3/c1-7-13-26(14-8-2)22(28)19-16(3)21-20(23(29)30-24(4,5)6)25-15-27(21)18-12-10-9-11-17(18)19/h9-12,15H,7-8,13-14H2,1-6H3. The average Bonchev–Trinajstić information content (AvgIpc) is 3.12. The predicted molar refractivity (Wildman–Crippen MR) is 119 cm³/mol. The smallest absolute Gasteiger partial charge is 0.359 e. The Labute approximate surface area is 177 Å². The number of amides is 1. The molecule has 0 saturated carbocycles. The van der Waals surface area contributed by atoms with Crippen molar-refractivity contribution in [2.75, 3.05) is 13.1 Å². The molecule has 0 spiro atoms. The van der Waals surface area contributed by atoms with E-state index in [2.05, 4.69) is 18.8 Å². The van der Waals surface area contributed by atoms with E-state index >= 15 is 0 Å². The van der Waals surface area contributed by atoms with Crippen LogP contribution in [0.2, 0.25) is 0 Å². The van der Waals surface area contributed by atoms with Gasteiger partial charge in [-0.3, -0.25) is 9.20 Å². The summed E-state index contributed by atoms with van der Waals surface area (Å²) in [4.78, 5) is 32.7. The summed E-state index contributed by atoms with van der Waals surface area (Å²) in [7, 11) is 0. The van der Waals surface area contributed by atoms with Crippen molar-refractivity contribution in [1.29, 1.82) is 0 Å². The molecule has 0 N–H and O–H groups in total. The zero-order valence-electron chi connectivity index (χ0n) is 18.8. The maximum absolute atomic E-state index is 13.6. The van der Waals surface area contributed by atoms with Crippen LogP contribution in [0, 0.1) is 6.92 Å². The molecule has 0 fully saturated rings. The molecule has 0 aliphatic rings. The minimum atomic E-state index is -0.629. The van der Waals surface area contributed by atoms with Crippen molar-refractivity contribution < 1.29 is 14.3 Å². The fourth-order valence-electron chi connectivity index (χ4n) is 3.87. The molecule has 0 aliphatic heterocycles. The van der Waals surface area contributed by atoms with Crippen LogP contribution in [-0.4, -0.2) is 44.9 Å². The number of benzene rings is 1. The molecular formula is C24H31N3O3. The number of rotatable bonds is 6. The predicted octanol–water partition coefficient (Wildman–Crippen LogP) is 5.01.